The molecule has 2 aromatic rings. The van der Waals surface area contributed by atoms with Crippen molar-refractivity contribution in [2.75, 3.05) is 13.2 Å². The second kappa shape index (κ2) is 9.11. The summed E-state index contributed by atoms with van der Waals surface area (Å²) >= 11 is 5.86. The highest BCUT2D eigenvalue weighted by Crippen LogP contribution is 2.20. The van der Waals surface area contributed by atoms with Crippen molar-refractivity contribution in [1.82, 2.24) is 5.32 Å². The lowest BCUT2D eigenvalue weighted by Crippen LogP contribution is -2.28. The molecule has 2 aromatic carbocycles. The Morgan fingerprint density at radius 3 is 2.59 bits per heavy atom. The molecule has 0 radical (unpaired) electrons. The van der Waals surface area contributed by atoms with Crippen LogP contribution in [0.2, 0.25) is 5.02 Å². The summed E-state index contributed by atoms with van der Waals surface area (Å²) in [7, 11) is 0. The third kappa shape index (κ3) is 5.50. The van der Waals surface area contributed by atoms with Crippen molar-refractivity contribution in [3.63, 3.8) is 0 Å². The Kier molecular flexibility index (Phi) is 6.86. The van der Waals surface area contributed by atoms with E-state index in [1.54, 1.807) is 31.2 Å². The summed E-state index contributed by atoms with van der Waals surface area (Å²) in [5.41, 5.74) is -0.104. The van der Waals surface area contributed by atoms with Gasteiger partial charge in [-0.2, -0.15) is 0 Å². The standard InChI is InChI=1S/C18H17ClN2O6/c1-2-27-18(24)13-6-12(8-15(9-13)21(25)26)17(23)20-10-16(22)11-4-3-5-14(19)7-11/h3-9,16,22H,2,10H2,1H3,(H,20,23)/t16-/m1/s1. The first-order chi connectivity index (χ1) is 12.8. The zero-order valence-corrected chi connectivity index (χ0v) is 15.1. The molecule has 0 aromatic heterocycles. The normalized spacial score (nSPS) is 11.5. The molecule has 9 heteroatoms. The number of nitrogens with one attached hydrogen (secondary N) is 1. The van der Waals surface area contributed by atoms with Crippen molar-refractivity contribution in [3.8, 4) is 0 Å². The van der Waals surface area contributed by atoms with Crippen LogP contribution in [0, 0.1) is 10.1 Å². The fourth-order valence-electron chi connectivity index (χ4n) is 2.30. The van der Waals surface area contributed by atoms with E-state index in [2.05, 4.69) is 5.32 Å². The topological polar surface area (TPSA) is 119 Å². The molecule has 0 fully saturated rings. The van der Waals surface area contributed by atoms with Gasteiger partial charge in [0.2, 0.25) is 0 Å². The second-order valence-corrected chi connectivity index (χ2v) is 5.96. The maximum atomic E-state index is 12.3. The Morgan fingerprint density at radius 2 is 1.96 bits per heavy atom. The first-order valence-electron chi connectivity index (χ1n) is 8.00. The van der Waals surface area contributed by atoms with Gasteiger partial charge in [-0.25, -0.2) is 4.79 Å². The maximum absolute atomic E-state index is 12.3. The number of hydrogen-bond donors (Lipinski definition) is 2. The Morgan fingerprint density at radius 1 is 1.26 bits per heavy atom. The van der Waals surface area contributed by atoms with Crippen molar-refractivity contribution in [3.05, 3.63) is 74.3 Å². The summed E-state index contributed by atoms with van der Waals surface area (Å²) in [6.07, 6.45) is -1.02. The summed E-state index contributed by atoms with van der Waals surface area (Å²) in [5.74, 6) is -1.44. The minimum Gasteiger partial charge on any atom is -0.462 e. The molecule has 0 saturated heterocycles. The number of aliphatic hydroxyl groups excluding tert-OH is 1. The van der Waals surface area contributed by atoms with Gasteiger partial charge in [0, 0.05) is 29.3 Å². The number of carbonyl (C=O) groups excluding carboxylic acids is 2. The number of rotatable bonds is 7. The van der Waals surface area contributed by atoms with Gasteiger partial charge in [0.15, 0.2) is 0 Å². The number of nitro benzene ring substituents is 1. The molecule has 1 amide bonds. The zero-order chi connectivity index (χ0) is 20.0. The first-order valence-corrected chi connectivity index (χ1v) is 8.38. The minimum absolute atomic E-state index is 0.0921. The summed E-state index contributed by atoms with van der Waals surface area (Å²) in [4.78, 5) is 34.5. The van der Waals surface area contributed by atoms with Gasteiger partial charge in [0.25, 0.3) is 11.6 Å². The number of non-ortho nitro benzene ring substituents is 1. The third-order valence-corrected chi connectivity index (χ3v) is 3.83. The second-order valence-electron chi connectivity index (χ2n) is 5.53. The number of esters is 1. The molecule has 142 valence electrons. The van der Waals surface area contributed by atoms with E-state index in [-0.39, 0.29) is 24.3 Å². The summed E-state index contributed by atoms with van der Waals surface area (Å²) in [6, 6.07) is 9.80. The van der Waals surface area contributed by atoms with E-state index in [0.717, 1.165) is 12.1 Å². The van der Waals surface area contributed by atoms with Crippen molar-refractivity contribution in [1.29, 1.82) is 0 Å². The van der Waals surface area contributed by atoms with E-state index in [9.17, 15) is 24.8 Å². The minimum atomic E-state index is -1.02. The number of benzene rings is 2. The highest BCUT2D eigenvalue weighted by atomic mass is 35.5. The van der Waals surface area contributed by atoms with E-state index in [1.165, 1.54) is 6.07 Å². The number of hydrogen-bond acceptors (Lipinski definition) is 6. The first kappa shape index (κ1) is 20.3. The molecule has 0 bridgehead atoms. The van der Waals surface area contributed by atoms with Crippen LogP contribution in [-0.2, 0) is 4.74 Å². The molecule has 0 heterocycles. The number of nitro groups is 1. The van der Waals surface area contributed by atoms with Gasteiger partial charge in [-0.3, -0.25) is 14.9 Å². The van der Waals surface area contributed by atoms with Crippen molar-refractivity contribution >= 4 is 29.2 Å². The van der Waals surface area contributed by atoms with Gasteiger partial charge in [-0.05, 0) is 30.7 Å². The summed E-state index contributed by atoms with van der Waals surface area (Å²) < 4.78 is 4.82. The maximum Gasteiger partial charge on any atom is 0.338 e. The van der Waals surface area contributed by atoms with Crippen LogP contribution in [0.25, 0.3) is 0 Å². The number of carbonyl (C=O) groups is 2. The van der Waals surface area contributed by atoms with Crippen molar-refractivity contribution in [2.24, 2.45) is 0 Å². The highest BCUT2D eigenvalue weighted by molar-refractivity contribution is 6.30. The molecule has 0 aliphatic carbocycles. The molecular formula is C18H17ClN2O6. The number of nitrogens with zero attached hydrogens (tertiary/aromatic N) is 1. The predicted molar refractivity (Wildman–Crippen MR) is 97.8 cm³/mol. The van der Waals surface area contributed by atoms with Crippen LogP contribution >= 0.6 is 11.6 Å². The smallest absolute Gasteiger partial charge is 0.338 e. The zero-order valence-electron chi connectivity index (χ0n) is 14.3. The lowest BCUT2D eigenvalue weighted by molar-refractivity contribution is -0.384. The Hall–Kier alpha value is -2.97. The third-order valence-electron chi connectivity index (χ3n) is 3.59. The van der Waals surface area contributed by atoms with Crippen LogP contribution in [0.4, 0.5) is 5.69 Å². The molecular weight excluding hydrogens is 376 g/mol. The molecule has 0 aliphatic heterocycles. The molecule has 2 rings (SSSR count). The van der Waals surface area contributed by atoms with Crippen LogP contribution in [-0.4, -0.2) is 35.1 Å². The van der Waals surface area contributed by atoms with Gasteiger partial charge >= 0.3 is 5.97 Å². The van der Waals surface area contributed by atoms with Crippen molar-refractivity contribution in [2.45, 2.75) is 13.0 Å². The van der Waals surface area contributed by atoms with E-state index in [4.69, 9.17) is 16.3 Å². The van der Waals surface area contributed by atoms with Gasteiger partial charge in [0.05, 0.1) is 23.2 Å². The molecule has 27 heavy (non-hydrogen) atoms. The Balaban J connectivity index is 2.17. The molecule has 0 saturated carbocycles. The van der Waals surface area contributed by atoms with Crippen LogP contribution in [0.5, 0.6) is 0 Å². The van der Waals surface area contributed by atoms with Crippen LogP contribution in [0.1, 0.15) is 39.3 Å². The Labute approximate surface area is 159 Å². The largest absolute Gasteiger partial charge is 0.462 e. The van der Waals surface area contributed by atoms with E-state index in [0.29, 0.717) is 10.6 Å². The Bertz CT molecular complexity index is 871. The highest BCUT2D eigenvalue weighted by Gasteiger charge is 2.19. The average molecular weight is 393 g/mol. The molecule has 8 nitrogen and oxygen atoms in total. The van der Waals surface area contributed by atoms with E-state index in [1.807, 2.05) is 0 Å². The van der Waals surface area contributed by atoms with E-state index >= 15 is 0 Å². The van der Waals surface area contributed by atoms with Crippen LogP contribution in [0.15, 0.2) is 42.5 Å². The quantitative estimate of drug-likeness (QED) is 0.425. The summed E-state index contributed by atoms with van der Waals surface area (Å²) in [5, 5.41) is 24.1. The van der Waals surface area contributed by atoms with Crippen molar-refractivity contribution < 1.29 is 24.4 Å². The monoisotopic (exact) mass is 392 g/mol. The van der Waals surface area contributed by atoms with E-state index < -0.39 is 28.6 Å². The number of halogens is 1. The molecule has 0 aliphatic rings. The molecule has 0 unspecified atom stereocenters. The van der Waals surface area contributed by atoms with Gasteiger partial charge < -0.3 is 15.2 Å². The molecule has 2 N–H and O–H groups in total. The number of aliphatic hydroxyl groups is 1. The van der Waals surface area contributed by atoms with Gasteiger partial charge in [0.1, 0.15) is 0 Å². The predicted octanol–water partition coefficient (Wildman–Crippen LogP) is 2.89. The molecule has 0 spiro atoms. The summed E-state index contributed by atoms with van der Waals surface area (Å²) in [6.45, 7) is 1.55. The van der Waals surface area contributed by atoms with Gasteiger partial charge in [-0.15, -0.1) is 0 Å². The number of amides is 1. The van der Waals surface area contributed by atoms with Crippen LogP contribution < -0.4 is 5.32 Å². The molecule has 1 atom stereocenters. The number of ether oxygens (including phenoxy) is 1. The SMILES string of the molecule is CCOC(=O)c1cc(C(=O)NC[C@@H](O)c2cccc(Cl)c2)cc([N+](=O)[O-])c1. The fraction of sp³-hybridized carbons (Fsp3) is 0.222. The van der Waals surface area contributed by atoms with Gasteiger partial charge in [-0.1, -0.05) is 23.7 Å². The lowest BCUT2D eigenvalue weighted by Gasteiger charge is -2.13. The average Bonchev–Trinajstić information content (AvgIpc) is 2.65. The van der Waals surface area contributed by atoms with Crippen LogP contribution in [0.3, 0.4) is 0 Å². The fourth-order valence-corrected chi connectivity index (χ4v) is 2.50. The lowest BCUT2D eigenvalue weighted by atomic mass is 10.1.